The average Bonchev–Trinajstić information content (AvgIpc) is 2.77. The van der Waals surface area contributed by atoms with Crippen LogP contribution in [0.3, 0.4) is 0 Å². The molecule has 0 bridgehead atoms. The molecule has 0 saturated heterocycles. The Kier molecular flexibility index (Phi) is 3.98. The highest BCUT2D eigenvalue weighted by atomic mass is 32.2. The Morgan fingerprint density at radius 1 is 1.47 bits per heavy atom. The predicted octanol–water partition coefficient (Wildman–Crippen LogP) is 2.36. The maximum atomic E-state index is 12.0. The molecule has 0 aliphatic heterocycles. The van der Waals surface area contributed by atoms with E-state index < -0.39 is 10.0 Å². The summed E-state index contributed by atoms with van der Waals surface area (Å²) in [5.41, 5.74) is 1.11. The lowest BCUT2D eigenvalue weighted by Crippen LogP contribution is -2.22. The van der Waals surface area contributed by atoms with Crippen molar-refractivity contribution in [3.63, 3.8) is 0 Å². The van der Waals surface area contributed by atoms with Crippen LogP contribution in [-0.2, 0) is 10.0 Å². The number of rotatable bonds is 5. The predicted molar refractivity (Wildman–Crippen MR) is 75.8 cm³/mol. The molecule has 0 aliphatic carbocycles. The van der Waals surface area contributed by atoms with Crippen LogP contribution in [0, 0.1) is 0 Å². The fourth-order valence-corrected chi connectivity index (χ4v) is 2.94. The van der Waals surface area contributed by atoms with Crippen LogP contribution in [0.5, 0.6) is 0 Å². The Morgan fingerprint density at radius 2 is 2.21 bits per heavy atom. The highest BCUT2D eigenvalue weighted by molar-refractivity contribution is 7.99. The first-order valence-electron chi connectivity index (χ1n) is 5.52. The van der Waals surface area contributed by atoms with Gasteiger partial charge in [0.1, 0.15) is 5.52 Å². The van der Waals surface area contributed by atoms with E-state index in [1.807, 2.05) is 0 Å². The van der Waals surface area contributed by atoms with Gasteiger partial charge in [-0.05, 0) is 18.2 Å². The molecule has 1 heterocycles. The first-order chi connectivity index (χ1) is 8.95. The third-order valence-electron chi connectivity index (χ3n) is 2.44. The monoisotopic (exact) mass is 298 g/mol. The van der Waals surface area contributed by atoms with Crippen molar-refractivity contribution in [2.45, 2.75) is 10.1 Å². The van der Waals surface area contributed by atoms with Crippen molar-refractivity contribution in [3.05, 3.63) is 30.9 Å². The van der Waals surface area contributed by atoms with Crippen molar-refractivity contribution >= 4 is 32.9 Å². The minimum Gasteiger partial charge on any atom is -0.431 e. The number of hydrogen-bond donors (Lipinski definition) is 0. The summed E-state index contributed by atoms with van der Waals surface area (Å²) in [6.07, 6.45) is 1.75. The molecule has 102 valence electrons. The standard InChI is InChI=1S/C12H14N2O3S2/c1-4-7-18-12-13-10-8-9(5-6-11(10)17-12)19(15,16)14(2)3/h4-6,8H,1,7H2,2-3H3. The minimum atomic E-state index is -3.45. The topological polar surface area (TPSA) is 63.4 Å². The Bertz CT molecular complexity index is 705. The molecular weight excluding hydrogens is 284 g/mol. The molecule has 1 aromatic heterocycles. The van der Waals surface area contributed by atoms with E-state index in [1.165, 1.54) is 42.3 Å². The van der Waals surface area contributed by atoms with Gasteiger partial charge in [0.25, 0.3) is 5.22 Å². The summed E-state index contributed by atoms with van der Waals surface area (Å²) in [4.78, 5) is 4.46. The first-order valence-corrected chi connectivity index (χ1v) is 7.94. The van der Waals surface area contributed by atoms with Crippen molar-refractivity contribution in [2.75, 3.05) is 19.8 Å². The maximum Gasteiger partial charge on any atom is 0.257 e. The van der Waals surface area contributed by atoms with Crippen LogP contribution in [-0.4, -0.2) is 37.6 Å². The average molecular weight is 298 g/mol. The van der Waals surface area contributed by atoms with Crippen LogP contribution in [0.25, 0.3) is 11.1 Å². The molecule has 0 N–H and O–H groups in total. The molecule has 5 nitrogen and oxygen atoms in total. The zero-order chi connectivity index (χ0) is 14.0. The number of oxazole rings is 1. The molecule has 2 aromatic rings. The molecule has 0 fully saturated rings. The molecule has 0 saturated carbocycles. The van der Waals surface area contributed by atoms with Crippen molar-refractivity contribution in [3.8, 4) is 0 Å². The van der Waals surface area contributed by atoms with Gasteiger partial charge in [-0.25, -0.2) is 17.7 Å². The largest absolute Gasteiger partial charge is 0.431 e. The van der Waals surface area contributed by atoms with Crippen LogP contribution in [0.4, 0.5) is 0 Å². The third kappa shape index (κ3) is 2.83. The number of thioether (sulfide) groups is 1. The third-order valence-corrected chi connectivity index (χ3v) is 5.08. The zero-order valence-electron chi connectivity index (χ0n) is 10.7. The lowest BCUT2D eigenvalue weighted by Gasteiger charge is -2.10. The van der Waals surface area contributed by atoms with Gasteiger partial charge in [0.05, 0.1) is 4.90 Å². The van der Waals surface area contributed by atoms with Crippen LogP contribution in [0.15, 0.2) is 45.4 Å². The van der Waals surface area contributed by atoms with Gasteiger partial charge in [0.15, 0.2) is 5.58 Å². The molecule has 0 spiro atoms. The van der Waals surface area contributed by atoms with E-state index in [0.717, 1.165) is 0 Å². The van der Waals surface area contributed by atoms with Gasteiger partial charge in [-0.1, -0.05) is 17.8 Å². The molecule has 0 radical (unpaired) electrons. The van der Waals surface area contributed by atoms with Crippen LogP contribution in [0.2, 0.25) is 0 Å². The van der Waals surface area contributed by atoms with E-state index in [2.05, 4.69) is 11.6 Å². The summed E-state index contributed by atoms with van der Waals surface area (Å²) >= 11 is 1.41. The Hall–Kier alpha value is -1.31. The van der Waals surface area contributed by atoms with Crippen molar-refractivity contribution in [2.24, 2.45) is 0 Å². The first kappa shape index (κ1) is 14.1. The molecule has 0 unspecified atom stereocenters. The summed E-state index contributed by atoms with van der Waals surface area (Å²) in [5, 5.41) is 0.509. The second kappa shape index (κ2) is 5.36. The highest BCUT2D eigenvalue weighted by Crippen LogP contribution is 2.26. The lowest BCUT2D eigenvalue weighted by molar-refractivity contribution is 0.490. The molecule has 1 aromatic carbocycles. The summed E-state index contributed by atoms with van der Waals surface area (Å²) in [6, 6.07) is 4.66. The summed E-state index contributed by atoms with van der Waals surface area (Å²) in [7, 11) is -0.460. The van der Waals surface area contributed by atoms with E-state index >= 15 is 0 Å². The van der Waals surface area contributed by atoms with Gasteiger partial charge in [-0.15, -0.1) is 6.58 Å². The molecule has 2 rings (SSSR count). The van der Waals surface area contributed by atoms with Gasteiger partial charge in [0.2, 0.25) is 10.0 Å². The SMILES string of the molecule is C=CCSc1nc2cc(S(=O)(=O)N(C)C)ccc2o1. The molecule has 19 heavy (non-hydrogen) atoms. The highest BCUT2D eigenvalue weighted by Gasteiger charge is 2.18. The Morgan fingerprint density at radius 3 is 2.84 bits per heavy atom. The number of benzene rings is 1. The smallest absolute Gasteiger partial charge is 0.257 e. The van der Waals surface area contributed by atoms with Crippen LogP contribution >= 0.6 is 11.8 Å². The van der Waals surface area contributed by atoms with Crippen molar-refractivity contribution in [1.82, 2.24) is 9.29 Å². The van der Waals surface area contributed by atoms with E-state index in [0.29, 0.717) is 22.1 Å². The number of aromatic nitrogens is 1. The van der Waals surface area contributed by atoms with Gasteiger partial charge in [-0.3, -0.25) is 0 Å². The van der Waals surface area contributed by atoms with Gasteiger partial charge < -0.3 is 4.42 Å². The molecular formula is C12H14N2O3S2. The number of hydrogen-bond acceptors (Lipinski definition) is 5. The van der Waals surface area contributed by atoms with Crippen LogP contribution < -0.4 is 0 Å². The van der Waals surface area contributed by atoms with Gasteiger partial charge in [0, 0.05) is 19.8 Å². The molecule has 0 amide bonds. The Balaban J connectivity index is 2.43. The summed E-state index contributed by atoms with van der Waals surface area (Å²) in [5.74, 6) is 0.690. The van der Waals surface area contributed by atoms with Crippen molar-refractivity contribution in [1.29, 1.82) is 0 Å². The van der Waals surface area contributed by atoms with Gasteiger partial charge in [-0.2, -0.15) is 0 Å². The molecule has 0 atom stereocenters. The fourth-order valence-electron chi connectivity index (χ4n) is 1.45. The minimum absolute atomic E-state index is 0.207. The van der Waals surface area contributed by atoms with E-state index in [1.54, 1.807) is 12.1 Å². The van der Waals surface area contributed by atoms with Crippen LogP contribution in [0.1, 0.15) is 0 Å². The van der Waals surface area contributed by atoms with Gasteiger partial charge >= 0.3 is 0 Å². The Labute approximate surface area is 116 Å². The number of nitrogens with zero attached hydrogens (tertiary/aromatic N) is 2. The molecule has 7 heteroatoms. The maximum absolute atomic E-state index is 12.0. The second-order valence-corrected chi connectivity index (χ2v) is 7.12. The van der Waals surface area contributed by atoms with E-state index in [-0.39, 0.29) is 4.90 Å². The summed E-state index contributed by atoms with van der Waals surface area (Å²) in [6.45, 7) is 3.62. The summed E-state index contributed by atoms with van der Waals surface area (Å²) < 4.78 is 30.7. The number of sulfonamides is 1. The lowest BCUT2D eigenvalue weighted by atomic mass is 10.3. The van der Waals surface area contributed by atoms with E-state index in [4.69, 9.17) is 4.42 Å². The zero-order valence-corrected chi connectivity index (χ0v) is 12.3. The van der Waals surface area contributed by atoms with E-state index in [9.17, 15) is 8.42 Å². The van der Waals surface area contributed by atoms with Crippen molar-refractivity contribution < 1.29 is 12.8 Å². The fraction of sp³-hybridized carbons (Fsp3) is 0.250. The quantitative estimate of drug-likeness (QED) is 0.626. The normalized spacial score (nSPS) is 12.2. The second-order valence-electron chi connectivity index (χ2n) is 4.00. The number of fused-ring (bicyclic) bond motifs is 1. The molecule has 0 aliphatic rings.